The summed E-state index contributed by atoms with van der Waals surface area (Å²) in [5.41, 5.74) is 14.3. The molecule has 1 aromatic carbocycles. The minimum atomic E-state index is -0.636. The number of hydrogen-bond acceptors (Lipinski definition) is 7. The Bertz CT molecular complexity index is 1080. The molecule has 4 atom stereocenters. The van der Waals surface area contributed by atoms with E-state index in [0.29, 0.717) is 11.1 Å². The van der Waals surface area contributed by atoms with E-state index >= 15 is 0 Å². The highest BCUT2D eigenvalue weighted by Gasteiger charge is 2.53. The molecule has 2 aliphatic carbocycles. The summed E-state index contributed by atoms with van der Waals surface area (Å²) >= 11 is 0. The quantitative estimate of drug-likeness (QED) is 0.581. The van der Waals surface area contributed by atoms with Gasteiger partial charge in [-0.15, -0.1) is 0 Å². The van der Waals surface area contributed by atoms with Crippen LogP contribution in [-0.2, 0) is 14.3 Å². The topological polar surface area (TPSA) is 122 Å². The number of likely N-dealkylation sites (tertiary alicyclic amines) is 1. The molecule has 3 aliphatic heterocycles. The number of primary amides is 1. The lowest BCUT2D eigenvalue weighted by Crippen LogP contribution is -2.52. The van der Waals surface area contributed by atoms with E-state index in [9.17, 15) is 14.4 Å². The van der Waals surface area contributed by atoms with Crippen LogP contribution in [0.25, 0.3) is 0 Å². The van der Waals surface area contributed by atoms with Crippen LogP contribution in [0.5, 0.6) is 0 Å². The fourth-order valence-corrected chi connectivity index (χ4v) is 7.48. The second-order valence-corrected chi connectivity index (χ2v) is 12.0. The highest BCUT2D eigenvalue weighted by Crippen LogP contribution is 2.42. The van der Waals surface area contributed by atoms with E-state index in [1.165, 1.54) is 19.3 Å². The van der Waals surface area contributed by atoms with Crippen molar-refractivity contribution in [2.24, 2.45) is 17.4 Å². The molecule has 9 nitrogen and oxygen atoms in total. The number of carbonyl (C=O) groups excluding carboxylic acids is 3. The Morgan fingerprint density at radius 1 is 0.974 bits per heavy atom. The van der Waals surface area contributed by atoms with Crippen molar-refractivity contribution in [2.45, 2.75) is 81.5 Å². The number of Topliss-reactive ketones (excluding diaryl/α,β-unsaturated/α-hetero) is 1. The summed E-state index contributed by atoms with van der Waals surface area (Å²) in [5.74, 6) is -1.17. The first-order valence-corrected chi connectivity index (χ1v) is 14.6. The molecule has 0 spiro atoms. The van der Waals surface area contributed by atoms with Crippen LogP contribution in [0.1, 0.15) is 73.2 Å². The van der Waals surface area contributed by atoms with Crippen molar-refractivity contribution in [3.8, 4) is 0 Å². The Morgan fingerprint density at radius 3 is 2.37 bits per heavy atom. The number of ether oxygens (including phenoxy) is 1. The van der Waals surface area contributed by atoms with Crippen LogP contribution >= 0.6 is 0 Å². The second kappa shape index (κ2) is 10.6. The van der Waals surface area contributed by atoms with Gasteiger partial charge in [0.05, 0.1) is 12.0 Å². The maximum Gasteiger partial charge on any atom is 0.249 e. The Hall–Kier alpha value is -2.49. The van der Waals surface area contributed by atoms with Gasteiger partial charge >= 0.3 is 0 Å². The average molecular weight is 524 g/mol. The zero-order valence-corrected chi connectivity index (χ0v) is 22.2. The molecule has 2 saturated carbocycles. The van der Waals surface area contributed by atoms with Crippen LogP contribution in [0.15, 0.2) is 18.2 Å². The minimum absolute atomic E-state index is 0.00420. The van der Waals surface area contributed by atoms with Gasteiger partial charge in [0.25, 0.3) is 0 Å². The van der Waals surface area contributed by atoms with Crippen LogP contribution < -0.4 is 16.4 Å². The molecule has 0 aromatic heterocycles. The number of benzene rings is 1. The van der Waals surface area contributed by atoms with Gasteiger partial charge in [-0.2, -0.15) is 0 Å². The van der Waals surface area contributed by atoms with Gasteiger partial charge in [0.2, 0.25) is 11.8 Å². The van der Waals surface area contributed by atoms with Crippen LogP contribution in [0.3, 0.4) is 0 Å². The van der Waals surface area contributed by atoms with E-state index in [-0.39, 0.29) is 30.8 Å². The lowest BCUT2D eigenvalue weighted by Gasteiger charge is -2.43. The Labute approximate surface area is 224 Å². The molecule has 0 radical (unpaired) electrons. The molecule has 5 aliphatic rings. The fourth-order valence-electron chi connectivity index (χ4n) is 7.48. The number of carbonyl (C=O) groups is 3. The van der Waals surface area contributed by atoms with Crippen molar-refractivity contribution < 1.29 is 19.1 Å². The minimum Gasteiger partial charge on any atom is -0.369 e. The largest absolute Gasteiger partial charge is 0.369 e. The van der Waals surface area contributed by atoms with Crippen LogP contribution in [-0.4, -0.2) is 91.0 Å². The van der Waals surface area contributed by atoms with E-state index in [0.717, 1.165) is 70.0 Å². The van der Waals surface area contributed by atoms with Crippen molar-refractivity contribution in [2.75, 3.05) is 44.2 Å². The summed E-state index contributed by atoms with van der Waals surface area (Å²) in [6.07, 6.45) is 8.57. The van der Waals surface area contributed by atoms with Gasteiger partial charge in [-0.1, -0.05) is 25.7 Å². The monoisotopic (exact) mass is 523 g/mol. The highest BCUT2D eigenvalue weighted by molar-refractivity contribution is 5.99. The van der Waals surface area contributed by atoms with Gasteiger partial charge in [-0.05, 0) is 55.4 Å². The van der Waals surface area contributed by atoms with Crippen molar-refractivity contribution in [1.29, 1.82) is 0 Å². The van der Waals surface area contributed by atoms with Crippen molar-refractivity contribution in [1.82, 2.24) is 9.80 Å². The Morgan fingerprint density at radius 2 is 1.71 bits per heavy atom. The predicted octanol–water partition coefficient (Wildman–Crippen LogP) is 1.63. The van der Waals surface area contributed by atoms with E-state index in [1.54, 1.807) is 11.0 Å². The second-order valence-electron chi connectivity index (χ2n) is 12.0. The standard InChI is InChI=1S/C29H41N5O4/c30-23-16-34(26-24(35)17-38-27(23)26)29(37)25(18-5-2-1-3-6-18)22-15-20(9-10-21(22)28(31)36)33-13-11-32(12-14-33)19-7-4-8-19/h9-10,15,18-19,23,25-27H,1-8,11-14,16-17,30H2,(H2,31,36)/t23-,25+,26-,27-/m1/s1. The van der Waals surface area contributed by atoms with Gasteiger partial charge < -0.3 is 26.0 Å². The molecule has 6 rings (SSSR count). The molecule has 5 fully saturated rings. The third kappa shape index (κ3) is 4.62. The molecule has 38 heavy (non-hydrogen) atoms. The Kier molecular flexibility index (Phi) is 7.18. The number of ketones is 1. The van der Waals surface area contributed by atoms with Gasteiger partial charge in [0.1, 0.15) is 18.8 Å². The number of amides is 2. The number of hydrogen-bond donors (Lipinski definition) is 2. The molecule has 0 unspecified atom stereocenters. The van der Waals surface area contributed by atoms with Crippen LogP contribution in [0.2, 0.25) is 0 Å². The van der Waals surface area contributed by atoms with E-state index in [1.807, 2.05) is 12.1 Å². The SMILES string of the molecule is NC(=O)c1ccc(N2CCN(C3CCC3)CC2)cc1[C@@H](C(=O)N1C[C@@H](N)[C@H]2OCC(=O)[C@H]21)C1CCCCC1. The first kappa shape index (κ1) is 25.8. The third-order valence-electron chi connectivity index (χ3n) is 9.80. The molecule has 3 saturated heterocycles. The summed E-state index contributed by atoms with van der Waals surface area (Å²) in [4.78, 5) is 46.4. The van der Waals surface area contributed by atoms with Gasteiger partial charge in [-0.25, -0.2) is 0 Å². The zero-order chi connectivity index (χ0) is 26.4. The van der Waals surface area contributed by atoms with Crippen LogP contribution in [0.4, 0.5) is 5.69 Å². The van der Waals surface area contributed by atoms with E-state index in [2.05, 4.69) is 9.80 Å². The predicted molar refractivity (Wildman–Crippen MR) is 144 cm³/mol. The van der Waals surface area contributed by atoms with Crippen LogP contribution in [0, 0.1) is 5.92 Å². The summed E-state index contributed by atoms with van der Waals surface area (Å²) in [7, 11) is 0. The number of fused-ring (bicyclic) bond motifs is 1. The number of rotatable bonds is 6. The maximum atomic E-state index is 14.4. The van der Waals surface area contributed by atoms with E-state index in [4.69, 9.17) is 16.2 Å². The molecule has 4 N–H and O–H groups in total. The smallest absolute Gasteiger partial charge is 0.249 e. The molecular weight excluding hydrogens is 482 g/mol. The number of anilines is 1. The molecule has 2 amide bonds. The summed E-state index contributed by atoms with van der Waals surface area (Å²) in [5, 5.41) is 0. The number of nitrogens with zero attached hydrogens (tertiary/aromatic N) is 3. The van der Waals surface area contributed by atoms with Gasteiger partial charge in [0.15, 0.2) is 5.78 Å². The zero-order valence-electron chi connectivity index (χ0n) is 22.2. The first-order valence-electron chi connectivity index (χ1n) is 14.6. The van der Waals surface area contributed by atoms with Crippen molar-refractivity contribution in [3.63, 3.8) is 0 Å². The highest BCUT2D eigenvalue weighted by atomic mass is 16.5. The normalized spacial score (nSPS) is 29.8. The fraction of sp³-hybridized carbons (Fsp3) is 0.690. The maximum absolute atomic E-state index is 14.4. The molecule has 9 heteroatoms. The van der Waals surface area contributed by atoms with Crippen molar-refractivity contribution >= 4 is 23.3 Å². The molecule has 3 heterocycles. The number of nitrogens with two attached hydrogens (primary N) is 2. The van der Waals surface area contributed by atoms with E-state index < -0.39 is 30.0 Å². The summed E-state index contributed by atoms with van der Waals surface area (Å²) in [6.45, 7) is 4.18. The molecule has 0 bridgehead atoms. The summed E-state index contributed by atoms with van der Waals surface area (Å²) < 4.78 is 5.66. The average Bonchev–Trinajstić information content (AvgIpc) is 3.44. The van der Waals surface area contributed by atoms with Gasteiger partial charge in [0, 0.05) is 50.0 Å². The van der Waals surface area contributed by atoms with Gasteiger partial charge in [-0.3, -0.25) is 19.3 Å². The third-order valence-corrected chi connectivity index (χ3v) is 9.80. The molecular formula is C29H41N5O4. The lowest BCUT2D eigenvalue weighted by atomic mass is 9.74. The molecule has 1 aromatic rings. The lowest BCUT2D eigenvalue weighted by molar-refractivity contribution is -0.139. The Balaban J connectivity index is 1.33. The first-order chi connectivity index (χ1) is 18.4. The number of piperazine rings is 1. The summed E-state index contributed by atoms with van der Waals surface area (Å²) in [6, 6.07) is 5.52. The molecule has 206 valence electrons. The van der Waals surface area contributed by atoms with Crippen molar-refractivity contribution in [3.05, 3.63) is 29.3 Å².